The van der Waals surface area contributed by atoms with Gasteiger partial charge in [0.05, 0.1) is 6.26 Å². The first kappa shape index (κ1) is 7.56. The van der Waals surface area contributed by atoms with Crippen LogP contribution in [0.1, 0.15) is 19.6 Å². The largest absolute Gasteiger partial charge is 0.466 e. The van der Waals surface area contributed by atoms with Crippen molar-refractivity contribution in [3.8, 4) is 0 Å². The van der Waals surface area contributed by atoms with Crippen LogP contribution in [-0.4, -0.2) is 10.5 Å². The molecule has 0 aliphatic heterocycles. The molecule has 0 atom stereocenters. The first-order valence-electron chi connectivity index (χ1n) is 3.05. The van der Waals surface area contributed by atoms with Crippen molar-refractivity contribution in [3.63, 3.8) is 0 Å². The second-order valence-electron chi connectivity index (χ2n) is 2.59. The molecule has 1 rings (SSSR count). The molecule has 1 heterocycles. The fourth-order valence-electron chi connectivity index (χ4n) is 0.671. The summed E-state index contributed by atoms with van der Waals surface area (Å²) in [5.41, 5.74) is -0.389. The van der Waals surface area contributed by atoms with Gasteiger partial charge in [0.1, 0.15) is 11.4 Å². The van der Waals surface area contributed by atoms with E-state index in [-0.39, 0.29) is 5.60 Å². The Morgan fingerprint density at radius 2 is 2.30 bits per heavy atom. The van der Waals surface area contributed by atoms with Gasteiger partial charge in [0.2, 0.25) is 10.5 Å². The summed E-state index contributed by atoms with van der Waals surface area (Å²) < 4.78 is 10.1. The van der Waals surface area contributed by atoms with Crippen molar-refractivity contribution in [1.29, 1.82) is 0 Å². The number of rotatable bonds is 2. The molecular formula is C7H9O2Si. The van der Waals surface area contributed by atoms with Gasteiger partial charge in [-0.3, -0.25) is 0 Å². The zero-order valence-corrected chi connectivity index (χ0v) is 7.05. The van der Waals surface area contributed by atoms with Gasteiger partial charge >= 0.3 is 0 Å². The zero-order chi connectivity index (χ0) is 7.61. The second kappa shape index (κ2) is 2.60. The smallest absolute Gasteiger partial charge is 0.247 e. The summed E-state index contributed by atoms with van der Waals surface area (Å²) in [5, 5.41) is 0. The Hall–Kier alpha value is -0.543. The van der Waals surface area contributed by atoms with Crippen LogP contribution in [0.3, 0.4) is 0 Å². The predicted molar refractivity (Wildman–Crippen MR) is 38.6 cm³/mol. The van der Waals surface area contributed by atoms with Crippen molar-refractivity contribution in [2.45, 2.75) is 19.4 Å². The highest BCUT2D eigenvalue weighted by atomic mass is 28.2. The Kier molecular flexibility index (Phi) is 1.96. The van der Waals surface area contributed by atoms with Gasteiger partial charge in [0.15, 0.2) is 0 Å². The molecule has 3 heteroatoms. The molecule has 0 N–H and O–H groups in total. The van der Waals surface area contributed by atoms with Crippen molar-refractivity contribution in [2.24, 2.45) is 0 Å². The molecule has 0 amide bonds. The average molecular weight is 153 g/mol. The summed E-state index contributed by atoms with van der Waals surface area (Å²) in [4.78, 5) is 0. The number of hydrogen-bond acceptors (Lipinski definition) is 2. The molecule has 1 aromatic rings. The van der Waals surface area contributed by atoms with E-state index in [1.807, 2.05) is 26.0 Å². The van der Waals surface area contributed by atoms with Crippen LogP contribution in [0, 0.1) is 0 Å². The molecule has 0 spiro atoms. The predicted octanol–water partition coefficient (Wildman–Crippen LogP) is 1.61. The lowest BCUT2D eigenvalue weighted by Gasteiger charge is -2.19. The Bertz CT molecular complexity index is 191. The Balaban J connectivity index is 2.85. The Labute approximate surface area is 63.7 Å². The van der Waals surface area contributed by atoms with E-state index in [1.165, 1.54) is 0 Å². The Morgan fingerprint density at radius 3 is 2.70 bits per heavy atom. The van der Waals surface area contributed by atoms with Crippen LogP contribution >= 0.6 is 0 Å². The first-order valence-corrected chi connectivity index (χ1v) is 3.46. The lowest BCUT2D eigenvalue weighted by molar-refractivity contribution is 0.0949. The van der Waals surface area contributed by atoms with Crippen LogP contribution in [0.5, 0.6) is 0 Å². The van der Waals surface area contributed by atoms with Crippen molar-refractivity contribution >= 4 is 10.5 Å². The standard InChI is InChI=1S/C7H9O2Si/c1-7(2,9-10)6-4-3-5-8-6/h3-5H,1-2H3. The molecule has 3 radical (unpaired) electrons. The van der Waals surface area contributed by atoms with E-state index >= 15 is 0 Å². The first-order chi connectivity index (χ1) is 4.67. The van der Waals surface area contributed by atoms with Gasteiger partial charge in [0.25, 0.3) is 0 Å². The SMILES string of the molecule is CC(C)(O[Si])c1ccco1. The minimum atomic E-state index is -0.389. The molecule has 53 valence electrons. The van der Waals surface area contributed by atoms with Gasteiger partial charge in [-0.15, -0.1) is 0 Å². The lowest BCUT2D eigenvalue weighted by atomic mass is 10.1. The summed E-state index contributed by atoms with van der Waals surface area (Å²) in [6.07, 6.45) is 1.63. The van der Waals surface area contributed by atoms with E-state index in [0.717, 1.165) is 5.76 Å². The van der Waals surface area contributed by atoms with Crippen molar-refractivity contribution < 1.29 is 8.84 Å². The van der Waals surface area contributed by atoms with Gasteiger partial charge in [0, 0.05) is 0 Å². The van der Waals surface area contributed by atoms with Gasteiger partial charge < -0.3 is 8.84 Å². The van der Waals surface area contributed by atoms with Gasteiger partial charge in [-0.2, -0.15) is 0 Å². The molecule has 0 fully saturated rings. The molecule has 0 unspecified atom stereocenters. The molecule has 0 bridgehead atoms. The lowest BCUT2D eigenvalue weighted by Crippen LogP contribution is -2.18. The van der Waals surface area contributed by atoms with Crippen LogP contribution in [0.25, 0.3) is 0 Å². The summed E-state index contributed by atoms with van der Waals surface area (Å²) in [6.45, 7) is 3.83. The van der Waals surface area contributed by atoms with Crippen molar-refractivity contribution in [3.05, 3.63) is 24.2 Å². The fraction of sp³-hybridized carbons (Fsp3) is 0.429. The number of furan rings is 1. The second-order valence-corrected chi connectivity index (χ2v) is 2.79. The van der Waals surface area contributed by atoms with Gasteiger partial charge in [-0.25, -0.2) is 0 Å². The summed E-state index contributed by atoms with van der Waals surface area (Å²) >= 11 is 0. The maximum absolute atomic E-state index is 5.13. The van der Waals surface area contributed by atoms with Crippen LogP contribution in [0.15, 0.2) is 22.8 Å². The summed E-state index contributed by atoms with van der Waals surface area (Å²) in [7, 11) is 2.98. The molecule has 0 aliphatic rings. The highest BCUT2D eigenvalue weighted by molar-refractivity contribution is 5.98. The summed E-state index contributed by atoms with van der Waals surface area (Å²) in [5.74, 6) is 0.808. The van der Waals surface area contributed by atoms with E-state index in [4.69, 9.17) is 8.84 Å². The van der Waals surface area contributed by atoms with Crippen LogP contribution in [-0.2, 0) is 10.0 Å². The third-order valence-electron chi connectivity index (χ3n) is 1.37. The van der Waals surface area contributed by atoms with E-state index in [9.17, 15) is 0 Å². The molecular weight excluding hydrogens is 144 g/mol. The van der Waals surface area contributed by atoms with E-state index < -0.39 is 0 Å². The van der Waals surface area contributed by atoms with Gasteiger partial charge in [-0.05, 0) is 26.0 Å². The fourth-order valence-corrected chi connectivity index (χ4v) is 0.772. The molecule has 0 aromatic carbocycles. The minimum absolute atomic E-state index is 0.389. The van der Waals surface area contributed by atoms with Crippen molar-refractivity contribution in [1.82, 2.24) is 0 Å². The average Bonchev–Trinajstić information content (AvgIpc) is 2.38. The number of hydrogen-bond donors (Lipinski definition) is 0. The molecule has 10 heavy (non-hydrogen) atoms. The van der Waals surface area contributed by atoms with E-state index in [1.54, 1.807) is 6.26 Å². The van der Waals surface area contributed by atoms with Gasteiger partial charge in [-0.1, -0.05) is 0 Å². The van der Waals surface area contributed by atoms with Crippen molar-refractivity contribution in [2.75, 3.05) is 0 Å². The third kappa shape index (κ3) is 1.30. The quantitative estimate of drug-likeness (QED) is 0.602. The topological polar surface area (TPSA) is 22.4 Å². The molecule has 2 nitrogen and oxygen atoms in total. The highest BCUT2D eigenvalue weighted by Gasteiger charge is 2.21. The maximum atomic E-state index is 5.13. The Morgan fingerprint density at radius 1 is 1.60 bits per heavy atom. The monoisotopic (exact) mass is 153 g/mol. The van der Waals surface area contributed by atoms with Crippen LogP contribution < -0.4 is 0 Å². The molecule has 0 saturated carbocycles. The maximum Gasteiger partial charge on any atom is 0.247 e. The summed E-state index contributed by atoms with van der Waals surface area (Å²) in [6, 6.07) is 3.71. The van der Waals surface area contributed by atoms with E-state index in [2.05, 4.69) is 10.5 Å². The minimum Gasteiger partial charge on any atom is -0.466 e. The highest BCUT2D eigenvalue weighted by Crippen LogP contribution is 2.22. The molecule has 0 aliphatic carbocycles. The zero-order valence-electron chi connectivity index (χ0n) is 6.05. The third-order valence-corrected chi connectivity index (χ3v) is 1.88. The van der Waals surface area contributed by atoms with E-state index in [0.29, 0.717) is 0 Å². The molecule has 1 aromatic heterocycles. The normalized spacial score (nSPS) is 11.9. The van der Waals surface area contributed by atoms with Crippen LogP contribution in [0.2, 0.25) is 0 Å². The molecule has 0 saturated heterocycles. The van der Waals surface area contributed by atoms with Crippen LogP contribution in [0.4, 0.5) is 0 Å².